The summed E-state index contributed by atoms with van der Waals surface area (Å²) in [7, 11) is 0. The highest BCUT2D eigenvalue weighted by atomic mass is 19.4. The lowest BCUT2D eigenvalue weighted by Crippen LogP contribution is -2.42. The average Bonchev–Trinajstić information content (AvgIpc) is 2.66. The molecule has 0 unspecified atom stereocenters. The summed E-state index contributed by atoms with van der Waals surface area (Å²) in [6, 6.07) is 15.5. The van der Waals surface area contributed by atoms with Crippen LogP contribution in [0, 0.1) is 0 Å². The second-order valence-corrected chi connectivity index (χ2v) is 6.33. The Kier molecular flexibility index (Phi) is 5.35. The number of carboxylic acid groups (broad SMARTS) is 1. The predicted molar refractivity (Wildman–Crippen MR) is 98.0 cm³/mol. The van der Waals surface area contributed by atoms with Gasteiger partial charge in [0.15, 0.2) is 0 Å². The minimum Gasteiger partial charge on any atom is -0.480 e. The van der Waals surface area contributed by atoms with Gasteiger partial charge in [-0.1, -0.05) is 42.5 Å². The molecular weight excluding hydrogens is 371 g/mol. The van der Waals surface area contributed by atoms with Crippen molar-refractivity contribution in [1.82, 2.24) is 5.32 Å². The zero-order chi connectivity index (χ0) is 20.3. The number of nitrogens with one attached hydrogen (secondary N) is 1. The molecule has 0 saturated carbocycles. The van der Waals surface area contributed by atoms with Crippen LogP contribution in [0.3, 0.4) is 0 Å². The number of aliphatic carboxylic acids is 1. The SMILES string of the molecule is O=C(N[C@H](Cc1ccc2ccccc2c1)C(=O)O)c1ccc(C(F)(F)F)cc1. The highest BCUT2D eigenvalue weighted by molar-refractivity contribution is 5.96. The molecule has 0 bridgehead atoms. The van der Waals surface area contributed by atoms with E-state index in [1.54, 1.807) is 6.07 Å². The quantitative estimate of drug-likeness (QED) is 0.687. The molecule has 0 heterocycles. The highest BCUT2D eigenvalue weighted by Crippen LogP contribution is 2.29. The average molecular weight is 387 g/mol. The molecule has 3 rings (SSSR count). The maximum Gasteiger partial charge on any atom is 0.416 e. The van der Waals surface area contributed by atoms with Crippen LogP contribution < -0.4 is 5.32 Å². The maximum atomic E-state index is 12.6. The van der Waals surface area contributed by atoms with Gasteiger partial charge in [0.05, 0.1) is 5.56 Å². The van der Waals surface area contributed by atoms with Crippen molar-refractivity contribution in [2.75, 3.05) is 0 Å². The Morgan fingerprint density at radius 2 is 1.57 bits per heavy atom. The van der Waals surface area contributed by atoms with Gasteiger partial charge < -0.3 is 10.4 Å². The third kappa shape index (κ3) is 4.49. The number of benzene rings is 3. The van der Waals surface area contributed by atoms with Gasteiger partial charge in [0.1, 0.15) is 6.04 Å². The molecule has 2 N–H and O–H groups in total. The van der Waals surface area contributed by atoms with Gasteiger partial charge in [0.25, 0.3) is 5.91 Å². The van der Waals surface area contributed by atoms with Crippen molar-refractivity contribution in [3.8, 4) is 0 Å². The van der Waals surface area contributed by atoms with Gasteiger partial charge in [0.2, 0.25) is 0 Å². The number of hydrogen-bond acceptors (Lipinski definition) is 2. The fourth-order valence-electron chi connectivity index (χ4n) is 2.85. The smallest absolute Gasteiger partial charge is 0.416 e. The molecule has 3 aromatic carbocycles. The standard InChI is InChI=1S/C21H16F3NO3/c22-21(23,24)17-9-7-15(8-10-17)19(26)25-18(20(27)28)12-13-5-6-14-3-1-2-4-16(14)11-13/h1-11,18H,12H2,(H,25,26)(H,27,28)/t18-/m1/s1. The van der Waals surface area contributed by atoms with E-state index < -0.39 is 29.7 Å². The predicted octanol–water partition coefficient (Wildman–Crippen LogP) is 4.28. The van der Waals surface area contributed by atoms with Crippen molar-refractivity contribution in [3.63, 3.8) is 0 Å². The van der Waals surface area contributed by atoms with Gasteiger partial charge in [-0.25, -0.2) is 4.79 Å². The maximum absolute atomic E-state index is 12.6. The van der Waals surface area contributed by atoms with E-state index in [0.717, 1.165) is 40.6 Å². The number of hydrogen-bond donors (Lipinski definition) is 2. The Labute approximate surface area is 158 Å². The number of carbonyl (C=O) groups excluding carboxylic acids is 1. The first-order chi connectivity index (χ1) is 13.2. The van der Waals surface area contributed by atoms with Crippen LogP contribution in [-0.2, 0) is 17.4 Å². The number of alkyl halides is 3. The summed E-state index contributed by atoms with van der Waals surface area (Å²) in [5.41, 5.74) is -0.202. The van der Waals surface area contributed by atoms with Crippen molar-refractivity contribution in [3.05, 3.63) is 83.4 Å². The molecule has 0 aliphatic carbocycles. The molecule has 1 atom stereocenters. The molecule has 3 aromatic rings. The third-order valence-electron chi connectivity index (χ3n) is 4.33. The van der Waals surface area contributed by atoms with E-state index >= 15 is 0 Å². The van der Waals surface area contributed by atoms with Crippen molar-refractivity contribution in [2.24, 2.45) is 0 Å². The van der Waals surface area contributed by atoms with Gasteiger partial charge in [-0.2, -0.15) is 13.2 Å². The van der Waals surface area contributed by atoms with E-state index in [1.807, 2.05) is 36.4 Å². The Balaban J connectivity index is 1.75. The first-order valence-electron chi connectivity index (χ1n) is 8.42. The molecule has 0 aliphatic heterocycles. The summed E-state index contributed by atoms with van der Waals surface area (Å²) in [5, 5.41) is 13.7. The van der Waals surface area contributed by atoms with Crippen LogP contribution in [-0.4, -0.2) is 23.0 Å². The summed E-state index contributed by atoms with van der Waals surface area (Å²) in [5.74, 6) is -1.98. The molecule has 0 radical (unpaired) electrons. The zero-order valence-electron chi connectivity index (χ0n) is 14.5. The monoisotopic (exact) mass is 387 g/mol. The van der Waals surface area contributed by atoms with Crippen LogP contribution in [0.1, 0.15) is 21.5 Å². The summed E-state index contributed by atoms with van der Waals surface area (Å²) < 4.78 is 37.8. The number of carboxylic acids is 1. The minimum atomic E-state index is -4.51. The van der Waals surface area contributed by atoms with Gasteiger partial charge >= 0.3 is 12.1 Å². The van der Waals surface area contributed by atoms with Gasteiger partial charge in [-0.3, -0.25) is 4.79 Å². The Morgan fingerprint density at radius 3 is 2.18 bits per heavy atom. The van der Waals surface area contributed by atoms with E-state index in [1.165, 1.54) is 0 Å². The van der Waals surface area contributed by atoms with Crippen LogP contribution in [0.2, 0.25) is 0 Å². The van der Waals surface area contributed by atoms with Crippen LogP contribution in [0.25, 0.3) is 10.8 Å². The van der Waals surface area contributed by atoms with Crippen molar-refractivity contribution in [1.29, 1.82) is 0 Å². The Morgan fingerprint density at radius 1 is 0.929 bits per heavy atom. The summed E-state index contributed by atoms with van der Waals surface area (Å²) >= 11 is 0. The van der Waals surface area contributed by atoms with Gasteiger partial charge in [-0.15, -0.1) is 0 Å². The number of fused-ring (bicyclic) bond motifs is 1. The summed E-state index contributed by atoms with van der Waals surface area (Å²) in [4.78, 5) is 23.8. The Bertz CT molecular complexity index is 1010. The van der Waals surface area contributed by atoms with Crippen molar-refractivity contribution >= 4 is 22.6 Å². The molecule has 0 aliphatic rings. The van der Waals surface area contributed by atoms with Gasteiger partial charge in [0, 0.05) is 12.0 Å². The third-order valence-corrected chi connectivity index (χ3v) is 4.33. The Hall–Kier alpha value is -3.35. The molecule has 0 spiro atoms. The molecule has 4 nitrogen and oxygen atoms in total. The molecule has 1 amide bonds. The normalized spacial score (nSPS) is 12.5. The minimum absolute atomic E-state index is 0.0437. The van der Waals surface area contributed by atoms with E-state index in [-0.39, 0.29) is 12.0 Å². The van der Waals surface area contributed by atoms with E-state index in [4.69, 9.17) is 0 Å². The van der Waals surface area contributed by atoms with Crippen molar-refractivity contribution in [2.45, 2.75) is 18.6 Å². The summed E-state index contributed by atoms with van der Waals surface area (Å²) in [6.07, 6.45) is -4.46. The fourth-order valence-corrected chi connectivity index (χ4v) is 2.85. The molecule has 0 fully saturated rings. The number of halogens is 3. The molecule has 28 heavy (non-hydrogen) atoms. The van der Waals surface area contributed by atoms with Crippen LogP contribution in [0.15, 0.2) is 66.7 Å². The lowest BCUT2D eigenvalue weighted by Gasteiger charge is -2.15. The van der Waals surface area contributed by atoms with Crippen LogP contribution in [0.5, 0.6) is 0 Å². The second kappa shape index (κ2) is 7.72. The number of rotatable bonds is 5. The second-order valence-electron chi connectivity index (χ2n) is 6.33. The number of amides is 1. The molecule has 7 heteroatoms. The largest absolute Gasteiger partial charge is 0.480 e. The first-order valence-corrected chi connectivity index (χ1v) is 8.42. The molecule has 144 valence electrons. The number of carbonyl (C=O) groups is 2. The molecule has 0 saturated heterocycles. The zero-order valence-corrected chi connectivity index (χ0v) is 14.5. The van der Waals surface area contributed by atoms with Crippen LogP contribution in [0.4, 0.5) is 13.2 Å². The van der Waals surface area contributed by atoms with E-state index in [9.17, 15) is 27.9 Å². The van der Waals surface area contributed by atoms with Crippen LogP contribution >= 0.6 is 0 Å². The lowest BCUT2D eigenvalue weighted by molar-refractivity contribution is -0.139. The van der Waals surface area contributed by atoms with E-state index in [2.05, 4.69) is 5.32 Å². The summed E-state index contributed by atoms with van der Waals surface area (Å²) in [6.45, 7) is 0. The highest BCUT2D eigenvalue weighted by Gasteiger charge is 2.30. The molecule has 0 aromatic heterocycles. The fraction of sp³-hybridized carbons (Fsp3) is 0.143. The topological polar surface area (TPSA) is 66.4 Å². The van der Waals surface area contributed by atoms with E-state index in [0.29, 0.717) is 0 Å². The molecular formula is C21H16F3NO3. The first kappa shape index (κ1) is 19.4. The van der Waals surface area contributed by atoms with Crippen molar-refractivity contribution < 1.29 is 27.9 Å². The van der Waals surface area contributed by atoms with Gasteiger partial charge in [-0.05, 0) is 40.6 Å². The lowest BCUT2D eigenvalue weighted by atomic mass is 10.0.